The van der Waals surface area contributed by atoms with Gasteiger partial charge in [0.05, 0.1) is 5.69 Å². The van der Waals surface area contributed by atoms with Gasteiger partial charge in [-0.25, -0.2) is 4.79 Å². The van der Waals surface area contributed by atoms with E-state index < -0.39 is 6.09 Å². The molecule has 1 amide bonds. The lowest BCUT2D eigenvalue weighted by Gasteiger charge is -2.17. The number of hydrogen-bond donors (Lipinski definition) is 2. The number of amides is 1. The number of para-hydroxylation sites is 1. The van der Waals surface area contributed by atoms with E-state index in [0.29, 0.717) is 5.69 Å². The molecular weight excluding hydrogens is 346 g/mol. The molecule has 0 radical (unpaired) electrons. The summed E-state index contributed by atoms with van der Waals surface area (Å²) >= 11 is 0. The first-order valence-electron chi connectivity index (χ1n) is 9.07. The number of hydrogen-bond acceptors (Lipinski definition) is 1. The Morgan fingerprint density at radius 1 is 0.536 bits per heavy atom. The molecule has 28 heavy (non-hydrogen) atoms. The Balaban J connectivity index is 1.96. The summed E-state index contributed by atoms with van der Waals surface area (Å²) in [4.78, 5) is 11.6. The highest BCUT2D eigenvalue weighted by atomic mass is 16.4. The maximum atomic E-state index is 11.6. The molecule has 0 saturated carbocycles. The molecule has 0 aliphatic heterocycles. The molecule has 3 nitrogen and oxygen atoms in total. The van der Waals surface area contributed by atoms with Crippen LogP contribution >= 0.6 is 0 Å². The smallest absolute Gasteiger partial charge is 0.409 e. The van der Waals surface area contributed by atoms with E-state index in [1.165, 1.54) is 0 Å². The fraction of sp³-hybridized carbons (Fsp3) is 0. The van der Waals surface area contributed by atoms with Crippen LogP contribution in [0.5, 0.6) is 0 Å². The third-order valence-corrected chi connectivity index (χ3v) is 4.68. The fourth-order valence-corrected chi connectivity index (χ4v) is 3.46. The van der Waals surface area contributed by atoms with E-state index in [0.717, 1.165) is 33.4 Å². The van der Waals surface area contributed by atoms with Gasteiger partial charge < -0.3 is 5.11 Å². The Bertz CT molecular complexity index is 1110. The second kappa shape index (κ2) is 7.80. The van der Waals surface area contributed by atoms with Crippen LogP contribution in [0.15, 0.2) is 103 Å². The number of carbonyl (C=O) groups is 1. The first-order valence-corrected chi connectivity index (χ1v) is 9.07. The highest BCUT2D eigenvalue weighted by Crippen LogP contribution is 2.40. The summed E-state index contributed by atoms with van der Waals surface area (Å²) in [7, 11) is 0. The van der Waals surface area contributed by atoms with Crippen molar-refractivity contribution in [3.63, 3.8) is 0 Å². The van der Waals surface area contributed by atoms with Gasteiger partial charge in [0.25, 0.3) is 0 Å². The van der Waals surface area contributed by atoms with Crippen LogP contribution < -0.4 is 5.32 Å². The average molecular weight is 365 g/mol. The standard InChI is InChI=1S/C25H19NO2/c27-25(28)26-24-21(19-12-5-2-6-13-19)16-9-17-23(24)22-15-8-7-14-20(22)18-10-3-1-4-11-18/h1-17,26H,(H,27,28). The molecule has 136 valence electrons. The highest BCUT2D eigenvalue weighted by Gasteiger charge is 2.16. The lowest BCUT2D eigenvalue weighted by molar-refractivity contribution is 0.210. The summed E-state index contributed by atoms with van der Waals surface area (Å²) in [5, 5.41) is 12.1. The van der Waals surface area contributed by atoms with Crippen molar-refractivity contribution in [1.82, 2.24) is 0 Å². The second-order valence-corrected chi connectivity index (χ2v) is 6.44. The van der Waals surface area contributed by atoms with Gasteiger partial charge in [-0.1, -0.05) is 103 Å². The van der Waals surface area contributed by atoms with Crippen LogP contribution in [0.25, 0.3) is 33.4 Å². The van der Waals surface area contributed by atoms with Gasteiger partial charge in [-0.15, -0.1) is 0 Å². The summed E-state index contributed by atoms with van der Waals surface area (Å²) in [5.74, 6) is 0. The minimum atomic E-state index is -1.08. The van der Waals surface area contributed by atoms with Crippen molar-refractivity contribution in [1.29, 1.82) is 0 Å². The second-order valence-electron chi connectivity index (χ2n) is 6.44. The van der Waals surface area contributed by atoms with Gasteiger partial charge in [-0.3, -0.25) is 5.32 Å². The molecule has 0 spiro atoms. The number of carboxylic acid groups (broad SMARTS) is 1. The molecule has 4 aromatic carbocycles. The SMILES string of the molecule is O=C(O)Nc1c(-c2ccccc2)cccc1-c1ccccc1-c1ccccc1. The molecule has 0 unspecified atom stereocenters. The first-order chi connectivity index (χ1) is 13.7. The van der Waals surface area contributed by atoms with Crippen LogP contribution in [0, 0.1) is 0 Å². The summed E-state index contributed by atoms with van der Waals surface area (Å²) in [6, 6.07) is 33.8. The van der Waals surface area contributed by atoms with Crippen molar-refractivity contribution in [3.8, 4) is 33.4 Å². The maximum Gasteiger partial charge on any atom is 0.409 e. The third-order valence-electron chi connectivity index (χ3n) is 4.68. The van der Waals surface area contributed by atoms with Gasteiger partial charge in [0.1, 0.15) is 0 Å². The molecule has 4 rings (SSSR count). The van der Waals surface area contributed by atoms with E-state index in [2.05, 4.69) is 23.5 Å². The lowest BCUT2D eigenvalue weighted by atomic mass is 9.91. The number of nitrogens with one attached hydrogen (secondary N) is 1. The summed E-state index contributed by atoms with van der Waals surface area (Å²) in [5.41, 5.74) is 6.38. The van der Waals surface area contributed by atoms with E-state index in [-0.39, 0.29) is 0 Å². The van der Waals surface area contributed by atoms with Gasteiger partial charge >= 0.3 is 6.09 Å². The monoisotopic (exact) mass is 365 g/mol. The minimum absolute atomic E-state index is 0.588. The predicted octanol–water partition coefficient (Wildman–Crippen LogP) is 6.78. The molecule has 4 aromatic rings. The van der Waals surface area contributed by atoms with E-state index >= 15 is 0 Å². The Labute approximate surface area is 163 Å². The number of anilines is 1. The predicted molar refractivity (Wildman–Crippen MR) is 114 cm³/mol. The van der Waals surface area contributed by atoms with Gasteiger partial charge in [-0.05, 0) is 22.3 Å². The van der Waals surface area contributed by atoms with Crippen molar-refractivity contribution in [2.75, 3.05) is 5.32 Å². The number of benzene rings is 4. The third kappa shape index (κ3) is 3.51. The van der Waals surface area contributed by atoms with Crippen molar-refractivity contribution < 1.29 is 9.90 Å². The molecule has 0 aromatic heterocycles. The lowest BCUT2D eigenvalue weighted by Crippen LogP contribution is -2.09. The van der Waals surface area contributed by atoms with Crippen LogP contribution in [0.2, 0.25) is 0 Å². The Morgan fingerprint density at radius 3 is 1.61 bits per heavy atom. The minimum Gasteiger partial charge on any atom is -0.465 e. The summed E-state index contributed by atoms with van der Waals surface area (Å²) in [6.07, 6.45) is -1.08. The van der Waals surface area contributed by atoms with E-state index in [1.54, 1.807) is 0 Å². The maximum absolute atomic E-state index is 11.6. The van der Waals surface area contributed by atoms with Gasteiger partial charge in [0.15, 0.2) is 0 Å². The average Bonchev–Trinajstić information content (AvgIpc) is 2.75. The summed E-state index contributed by atoms with van der Waals surface area (Å²) < 4.78 is 0. The summed E-state index contributed by atoms with van der Waals surface area (Å²) in [6.45, 7) is 0. The van der Waals surface area contributed by atoms with Crippen LogP contribution in [0.3, 0.4) is 0 Å². The van der Waals surface area contributed by atoms with Crippen LogP contribution in [0.1, 0.15) is 0 Å². The van der Waals surface area contributed by atoms with E-state index in [9.17, 15) is 9.90 Å². The largest absolute Gasteiger partial charge is 0.465 e. The zero-order valence-corrected chi connectivity index (χ0v) is 15.2. The molecule has 0 atom stereocenters. The molecule has 0 bridgehead atoms. The molecule has 2 N–H and O–H groups in total. The van der Waals surface area contributed by atoms with Crippen LogP contribution in [-0.2, 0) is 0 Å². The molecule has 0 saturated heterocycles. The van der Waals surface area contributed by atoms with Crippen molar-refractivity contribution in [2.24, 2.45) is 0 Å². The molecule has 0 fully saturated rings. The van der Waals surface area contributed by atoms with Crippen molar-refractivity contribution in [2.45, 2.75) is 0 Å². The van der Waals surface area contributed by atoms with Gasteiger partial charge in [-0.2, -0.15) is 0 Å². The van der Waals surface area contributed by atoms with Crippen LogP contribution in [0.4, 0.5) is 10.5 Å². The quantitative estimate of drug-likeness (QED) is 0.419. The number of rotatable bonds is 4. The Morgan fingerprint density at radius 2 is 1.00 bits per heavy atom. The molecule has 0 aliphatic carbocycles. The Hall–Kier alpha value is -3.85. The first kappa shape index (κ1) is 17.6. The van der Waals surface area contributed by atoms with E-state index in [1.807, 2.05) is 84.9 Å². The zero-order chi connectivity index (χ0) is 19.3. The molecule has 0 heterocycles. The molecular formula is C25H19NO2. The van der Waals surface area contributed by atoms with Gasteiger partial charge in [0.2, 0.25) is 0 Å². The zero-order valence-electron chi connectivity index (χ0n) is 15.2. The normalized spacial score (nSPS) is 10.4. The fourth-order valence-electron chi connectivity index (χ4n) is 3.46. The van der Waals surface area contributed by atoms with Gasteiger partial charge in [0, 0.05) is 11.1 Å². The van der Waals surface area contributed by atoms with Crippen molar-refractivity contribution in [3.05, 3.63) is 103 Å². The molecule has 3 heteroatoms. The van der Waals surface area contributed by atoms with E-state index in [4.69, 9.17) is 0 Å². The molecule has 0 aliphatic rings. The Kier molecular flexibility index (Phi) is 4.89. The van der Waals surface area contributed by atoms with Crippen LogP contribution in [-0.4, -0.2) is 11.2 Å². The highest BCUT2D eigenvalue weighted by molar-refractivity contribution is 6.01. The van der Waals surface area contributed by atoms with Crippen molar-refractivity contribution >= 4 is 11.8 Å². The topological polar surface area (TPSA) is 49.3 Å².